The van der Waals surface area contributed by atoms with Crippen molar-refractivity contribution in [3.8, 4) is 0 Å². The van der Waals surface area contributed by atoms with Crippen molar-refractivity contribution in [1.29, 1.82) is 0 Å². The number of piperazine rings is 1. The lowest BCUT2D eigenvalue weighted by Crippen LogP contribution is -2.56. The molecule has 1 aliphatic carbocycles. The monoisotopic (exact) mass is 510 g/mol. The summed E-state index contributed by atoms with van der Waals surface area (Å²) in [6.07, 6.45) is 7.82. The van der Waals surface area contributed by atoms with Gasteiger partial charge in [-0.05, 0) is 55.0 Å². The molecule has 34 heavy (non-hydrogen) atoms. The second-order valence-corrected chi connectivity index (χ2v) is 12.8. The van der Waals surface area contributed by atoms with Gasteiger partial charge in [-0.2, -0.15) is 0 Å². The summed E-state index contributed by atoms with van der Waals surface area (Å²) in [5.74, 6) is 0.345. The molecule has 190 valence electrons. The van der Waals surface area contributed by atoms with E-state index in [0.29, 0.717) is 10.9 Å². The number of halogens is 1. The van der Waals surface area contributed by atoms with Crippen LogP contribution in [-0.4, -0.2) is 67.6 Å². The van der Waals surface area contributed by atoms with Gasteiger partial charge in [-0.15, -0.1) is 0 Å². The molecule has 1 heterocycles. The molecule has 1 saturated carbocycles. The predicted octanol–water partition coefficient (Wildman–Crippen LogP) is 4.20. The lowest BCUT2D eigenvalue weighted by Gasteiger charge is -2.43. The van der Waals surface area contributed by atoms with E-state index >= 15 is 0 Å². The van der Waals surface area contributed by atoms with Gasteiger partial charge in [0.2, 0.25) is 5.91 Å². The minimum Gasteiger partial charge on any atom is -0.337 e. The predicted molar refractivity (Wildman–Crippen MR) is 137 cm³/mol. The third-order valence-corrected chi connectivity index (χ3v) is 8.46. The molecule has 0 bridgehead atoms. The van der Waals surface area contributed by atoms with Crippen LogP contribution < -0.4 is 0 Å². The molecule has 8 heteroatoms. The smallest absolute Gasteiger partial charge is 0.226 e. The van der Waals surface area contributed by atoms with E-state index < -0.39 is 9.84 Å². The molecule has 1 atom stereocenters. The topological polar surface area (TPSA) is 74.8 Å². The number of hydrogen-bond acceptors (Lipinski definition) is 5. The molecule has 1 aromatic rings. The van der Waals surface area contributed by atoms with Gasteiger partial charge >= 0.3 is 0 Å². The summed E-state index contributed by atoms with van der Waals surface area (Å²) >= 11 is 6.41. The van der Waals surface area contributed by atoms with Gasteiger partial charge in [0.25, 0.3) is 0 Å². The van der Waals surface area contributed by atoms with Gasteiger partial charge in [0.15, 0.2) is 0 Å². The van der Waals surface area contributed by atoms with E-state index in [4.69, 9.17) is 11.6 Å². The van der Waals surface area contributed by atoms with Gasteiger partial charge in [-0.1, -0.05) is 37.8 Å². The normalized spacial score (nSPS) is 20.1. The summed E-state index contributed by atoms with van der Waals surface area (Å²) in [6, 6.07) is 4.02. The fourth-order valence-corrected chi connectivity index (χ4v) is 6.19. The Labute approximate surface area is 209 Å². The van der Waals surface area contributed by atoms with Crippen LogP contribution in [0.3, 0.4) is 0 Å². The van der Waals surface area contributed by atoms with Crippen molar-refractivity contribution in [1.82, 2.24) is 9.80 Å². The molecular formula is C26H39ClN2O4S. The summed E-state index contributed by atoms with van der Waals surface area (Å²) < 4.78 is 22.8. The molecule has 0 spiro atoms. The van der Waals surface area contributed by atoms with E-state index in [2.05, 4.69) is 16.7 Å². The largest absolute Gasteiger partial charge is 0.337 e. The number of nitrogens with zero attached hydrogens (tertiary/aromatic N) is 2. The quantitative estimate of drug-likeness (QED) is 0.471. The Bertz CT molecular complexity index is 989. The molecular weight excluding hydrogens is 472 g/mol. The van der Waals surface area contributed by atoms with Crippen LogP contribution in [0.4, 0.5) is 0 Å². The van der Waals surface area contributed by atoms with Crippen LogP contribution in [0.15, 0.2) is 12.1 Å². The lowest BCUT2D eigenvalue weighted by atomic mass is 9.96. The number of amides is 1. The number of benzene rings is 1. The number of carbonyl (C=O) groups is 2. The number of hydrogen-bond donors (Lipinski definition) is 0. The van der Waals surface area contributed by atoms with Crippen molar-refractivity contribution in [3.63, 3.8) is 0 Å². The molecule has 6 nitrogen and oxygen atoms in total. The zero-order chi connectivity index (χ0) is 24.9. The fraction of sp³-hybridized carbons (Fsp3) is 0.692. The maximum atomic E-state index is 13.1. The van der Waals surface area contributed by atoms with E-state index in [1.165, 1.54) is 12.8 Å². The van der Waals surface area contributed by atoms with Crippen LogP contribution >= 0.6 is 11.6 Å². The van der Waals surface area contributed by atoms with Crippen LogP contribution in [0.5, 0.6) is 0 Å². The molecule has 0 unspecified atom stereocenters. The molecule has 1 aromatic carbocycles. The Morgan fingerprint density at radius 1 is 1.12 bits per heavy atom. The van der Waals surface area contributed by atoms with Crippen LogP contribution in [-0.2, 0) is 32.4 Å². The minimum atomic E-state index is -3.17. The van der Waals surface area contributed by atoms with Crippen LogP contribution in [0.25, 0.3) is 0 Å². The first-order valence-corrected chi connectivity index (χ1v) is 15.0. The van der Waals surface area contributed by atoms with Gasteiger partial charge in [0.1, 0.15) is 15.6 Å². The first-order chi connectivity index (χ1) is 16.1. The van der Waals surface area contributed by atoms with Crippen molar-refractivity contribution >= 4 is 33.1 Å². The van der Waals surface area contributed by atoms with Gasteiger partial charge < -0.3 is 4.90 Å². The molecule has 2 fully saturated rings. The van der Waals surface area contributed by atoms with Crippen molar-refractivity contribution in [2.24, 2.45) is 5.92 Å². The average Bonchev–Trinajstić information content (AvgIpc) is 3.30. The van der Waals surface area contributed by atoms with Gasteiger partial charge in [-0.3, -0.25) is 14.5 Å². The van der Waals surface area contributed by atoms with Crippen molar-refractivity contribution < 1.29 is 18.0 Å². The molecule has 1 saturated heterocycles. The highest BCUT2D eigenvalue weighted by Crippen LogP contribution is 2.30. The summed E-state index contributed by atoms with van der Waals surface area (Å²) in [7, 11) is -3.17. The Balaban J connectivity index is 1.67. The van der Waals surface area contributed by atoms with E-state index in [0.717, 1.165) is 74.8 Å². The van der Waals surface area contributed by atoms with Gasteiger partial charge in [0, 0.05) is 62.3 Å². The van der Waals surface area contributed by atoms with E-state index in [1.807, 2.05) is 19.1 Å². The molecule has 2 aliphatic rings. The highest BCUT2D eigenvalue weighted by molar-refractivity contribution is 7.90. The average molecular weight is 511 g/mol. The standard InChI is InChI=1S/C26H39ClN2O4S/c1-4-7-24-18-28(11-12-29(24)26(31)20-8-5-6-9-20)17-22-15-23(27)14-21(19(22)2)16-25(30)10-13-34(3,32)33/h14-15,20,24H,4-13,16-18H2,1-3H3/t24-/m1/s1. The number of rotatable bonds is 10. The molecule has 0 radical (unpaired) electrons. The van der Waals surface area contributed by atoms with Crippen LogP contribution in [0, 0.1) is 12.8 Å². The molecule has 3 rings (SSSR count). The zero-order valence-electron chi connectivity index (χ0n) is 20.8. The van der Waals surface area contributed by atoms with E-state index in [1.54, 1.807) is 0 Å². The molecule has 0 N–H and O–H groups in total. The van der Waals surface area contributed by atoms with Gasteiger partial charge in [-0.25, -0.2) is 8.42 Å². The van der Waals surface area contributed by atoms with Crippen molar-refractivity contribution in [2.75, 3.05) is 31.6 Å². The van der Waals surface area contributed by atoms with Gasteiger partial charge in [0.05, 0.1) is 5.75 Å². The third-order valence-electron chi connectivity index (χ3n) is 7.30. The molecule has 1 amide bonds. The highest BCUT2D eigenvalue weighted by atomic mass is 35.5. The van der Waals surface area contributed by atoms with Crippen LogP contribution in [0.2, 0.25) is 5.02 Å². The summed E-state index contributed by atoms with van der Waals surface area (Å²) in [5, 5.41) is 0.590. The Kier molecular flexibility index (Phi) is 9.58. The maximum Gasteiger partial charge on any atom is 0.226 e. The Morgan fingerprint density at radius 2 is 1.79 bits per heavy atom. The zero-order valence-corrected chi connectivity index (χ0v) is 22.4. The third kappa shape index (κ3) is 7.53. The van der Waals surface area contributed by atoms with E-state index in [9.17, 15) is 18.0 Å². The highest BCUT2D eigenvalue weighted by Gasteiger charge is 2.34. The molecule has 0 aromatic heterocycles. The molecule has 1 aliphatic heterocycles. The van der Waals surface area contributed by atoms with Crippen LogP contribution in [0.1, 0.15) is 68.6 Å². The number of Topliss-reactive ketones (excluding diaryl/α,β-unsaturated/α-hetero) is 1. The van der Waals surface area contributed by atoms with Crippen molar-refractivity contribution in [2.45, 2.75) is 77.8 Å². The number of sulfone groups is 1. The Hall–Kier alpha value is -1.44. The minimum absolute atomic E-state index is 0.0236. The second-order valence-electron chi connectivity index (χ2n) is 10.1. The SMILES string of the molecule is CCC[C@@H]1CN(Cc2cc(Cl)cc(CC(=O)CCS(C)(=O)=O)c2C)CCN1C(=O)C1CCCC1. The van der Waals surface area contributed by atoms with Crippen molar-refractivity contribution in [3.05, 3.63) is 33.8 Å². The fourth-order valence-electron chi connectivity index (χ4n) is 5.33. The first kappa shape index (κ1) is 27.2. The lowest BCUT2D eigenvalue weighted by molar-refractivity contribution is -0.140. The summed E-state index contributed by atoms with van der Waals surface area (Å²) in [4.78, 5) is 30.1. The number of ketones is 1. The Morgan fingerprint density at radius 3 is 2.44 bits per heavy atom. The summed E-state index contributed by atoms with van der Waals surface area (Å²) in [5.41, 5.74) is 2.99. The van der Waals surface area contributed by atoms with E-state index in [-0.39, 0.29) is 36.3 Å². The first-order valence-electron chi connectivity index (χ1n) is 12.6. The second kappa shape index (κ2) is 12.0. The maximum absolute atomic E-state index is 13.1. The summed E-state index contributed by atoms with van der Waals surface area (Å²) in [6.45, 7) is 7.34. The number of carbonyl (C=O) groups excluding carboxylic acids is 2.